The molecule has 6 nitrogen and oxygen atoms in total. The Labute approximate surface area is 250 Å². The first-order chi connectivity index (χ1) is 20.7. The molecule has 4 aromatic carbocycles. The zero-order valence-electron chi connectivity index (χ0n) is 24.4. The minimum absolute atomic E-state index is 0.0244. The van der Waals surface area contributed by atoms with Gasteiger partial charge in [-0.3, -0.25) is 9.80 Å². The van der Waals surface area contributed by atoms with Gasteiger partial charge in [-0.15, -0.1) is 0 Å². The standard InChI is InChI=1S/C36H44N2O4/c39-27-35(25-37(21-31-13-5-1-6-14-31)22-32-15-7-2-8-16-32)28-41-30-42-29-36(40)26-38(23-33-17-9-3-10-18-33)24-34-19-11-4-12-20-34/h1-20,35-36,39-40H,21-30H2. The lowest BCUT2D eigenvalue weighted by atomic mass is 10.1. The van der Waals surface area contributed by atoms with Crippen LogP contribution in [0, 0.1) is 5.92 Å². The molecule has 0 aromatic heterocycles. The Kier molecular flexibility index (Phi) is 13.7. The summed E-state index contributed by atoms with van der Waals surface area (Å²) in [6.07, 6.45) is -0.651. The normalized spacial score (nSPS) is 13.0. The number of aliphatic hydroxyl groups is 2. The van der Waals surface area contributed by atoms with E-state index in [1.165, 1.54) is 22.3 Å². The summed E-state index contributed by atoms with van der Waals surface area (Å²) in [6.45, 7) is 4.88. The van der Waals surface area contributed by atoms with E-state index >= 15 is 0 Å². The molecular formula is C36H44N2O4. The Bertz CT molecular complexity index is 1150. The van der Waals surface area contributed by atoms with Crippen LogP contribution in [0.3, 0.4) is 0 Å². The first kappa shape index (κ1) is 31.6. The van der Waals surface area contributed by atoms with Gasteiger partial charge in [0.1, 0.15) is 6.79 Å². The molecule has 0 fully saturated rings. The number of ether oxygens (including phenoxy) is 2. The quantitative estimate of drug-likeness (QED) is 0.117. The predicted molar refractivity (Wildman–Crippen MR) is 167 cm³/mol. The zero-order chi connectivity index (χ0) is 29.2. The van der Waals surface area contributed by atoms with Gasteiger partial charge in [0.05, 0.1) is 19.3 Å². The molecule has 4 rings (SSSR count). The molecule has 0 radical (unpaired) electrons. The van der Waals surface area contributed by atoms with Crippen molar-refractivity contribution in [1.82, 2.24) is 9.80 Å². The van der Waals surface area contributed by atoms with E-state index in [1.54, 1.807) is 0 Å². The molecule has 0 aliphatic heterocycles. The van der Waals surface area contributed by atoms with Crippen molar-refractivity contribution < 1.29 is 19.7 Å². The highest BCUT2D eigenvalue weighted by Crippen LogP contribution is 2.14. The minimum Gasteiger partial charge on any atom is -0.396 e. The monoisotopic (exact) mass is 568 g/mol. The number of aliphatic hydroxyl groups excluding tert-OH is 2. The van der Waals surface area contributed by atoms with Crippen LogP contribution in [0.25, 0.3) is 0 Å². The van der Waals surface area contributed by atoms with Crippen LogP contribution in [0.15, 0.2) is 121 Å². The maximum absolute atomic E-state index is 10.8. The number of rotatable bonds is 19. The van der Waals surface area contributed by atoms with Crippen LogP contribution in [0.2, 0.25) is 0 Å². The lowest BCUT2D eigenvalue weighted by Crippen LogP contribution is -2.35. The van der Waals surface area contributed by atoms with Gasteiger partial charge < -0.3 is 19.7 Å². The van der Waals surface area contributed by atoms with Crippen molar-refractivity contribution >= 4 is 0 Å². The molecule has 6 heteroatoms. The van der Waals surface area contributed by atoms with Crippen LogP contribution < -0.4 is 0 Å². The van der Waals surface area contributed by atoms with Gasteiger partial charge in [0.25, 0.3) is 0 Å². The van der Waals surface area contributed by atoms with E-state index in [4.69, 9.17) is 9.47 Å². The Morgan fingerprint density at radius 2 is 0.857 bits per heavy atom. The van der Waals surface area contributed by atoms with Gasteiger partial charge in [0, 0.05) is 51.8 Å². The van der Waals surface area contributed by atoms with Gasteiger partial charge in [0.15, 0.2) is 0 Å². The summed E-state index contributed by atoms with van der Waals surface area (Å²) in [7, 11) is 0. The molecule has 0 bridgehead atoms. The van der Waals surface area contributed by atoms with Crippen LogP contribution in [0.4, 0.5) is 0 Å². The van der Waals surface area contributed by atoms with Crippen molar-refractivity contribution in [3.8, 4) is 0 Å². The smallest absolute Gasteiger partial charge is 0.146 e. The number of hydrogen-bond donors (Lipinski definition) is 2. The van der Waals surface area contributed by atoms with Gasteiger partial charge in [0.2, 0.25) is 0 Å². The highest BCUT2D eigenvalue weighted by molar-refractivity contribution is 5.18. The minimum atomic E-state index is -0.651. The predicted octanol–water partition coefficient (Wildman–Crippen LogP) is 5.35. The highest BCUT2D eigenvalue weighted by Gasteiger charge is 2.17. The molecule has 0 aliphatic carbocycles. The molecule has 2 unspecified atom stereocenters. The van der Waals surface area contributed by atoms with E-state index in [0.717, 1.165) is 26.2 Å². The van der Waals surface area contributed by atoms with Crippen LogP contribution in [0.1, 0.15) is 22.3 Å². The lowest BCUT2D eigenvalue weighted by Gasteiger charge is -2.27. The maximum atomic E-state index is 10.8. The summed E-state index contributed by atoms with van der Waals surface area (Å²) in [4.78, 5) is 4.57. The van der Waals surface area contributed by atoms with Crippen LogP contribution in [-0.2, 0) is 35.7 Å². The molecule has 0 saturated heterocycles. The van der Waals surface area contributed by atoms with Crippen molar-refractivity contribution in [2.24, 2.45) is 5.92 Å². The summed E-state index contributed by atoms with van der Waals surface area (Å²) in [5.74, 6) is -0.0572. The summed E-state index contributed by atoms with van der Waals surface area (Å²) < 4.78 is 11.5. The maximum Gasteiger partial charge on any atom is 0.146 e. The van der Waals surface area contributed by atoms with Crippen molar-refractivity contribution in [3.63, 3.8) is 0 Å². The largest absolute Gasteiger partial charge is 0.396 e. The van der Waals surface area contributed by atoms with Crippen molar-refractivity contribution in [1.29, 1.82) is 0 Å². The fourth-order valence-electron chi connectivity index (χ4n) is 5.07. The van der Waals surface area contributed by atoms with E-state index in [9.17, 15) is 10.2 Å². The van der Waals surface area contributed by atoms with Crippen LogP contribution in [-0.4, -0.2) is 65.8 Å². The SMILES string of the molecule is OCC(COCOCC(O)CN(Cc1ccccc1)Cc1ccccc1)CN(Cc1ccccc1)Cc1ccccc1. The van der Waals surface area contributed by atoms with Crippen molar-refractivity contribution in [3.05, 3.63) is 144 Å². The Morgan fingerprint density at radius 1 is 0.500 bits per heavy atom. The molecule has 0 amide bonds. The third-order valence-corrected chi connectivity index (χ3v) is 7.07. The average Bonchev–Trinajstić information content (AvgIpc) is 3.02. The molecule has 0 spiro atoms. The summed E-state index contributed by atoms with van der Waals surface area (Å²) in [5.41, 5.74) is 4.87. The number of nitrogens with zero attached hydrogens (tertiary/aromatic N) is 2. The van der Waals surface area contributed by atoms with Gasteiger partial charge in [-0.2, -0.15) is 0 Å². The number of hydrogen-bond acceptors (Lipinski definition) is 6. The van der Waals surface area contributed by atoms with Crippen LogP contribution in [0.5, 0.6) is 0 Å². The zero-order valence-corrected chi connectivity index (χ0v) is 24.4. The van der Waals surface area contributed by atoms with Gasteiger partial charge in [-0.1, -0.05) is 121 Å². The third-order valence-electron chi connectivity index (χ3n) is 7.07. The van der Waals surface area contributed by atoms with Gasteiger partial charge >= 0.3 is 0 Å². The van der Waals surface area contributed by atoms with E-state index in [-0.39, 0.29) is 25.9 Å². The van der Waals surface area contributed by atoms with Crippen molar-refractivity contribution in [2.45, 2.75) is 32.3 Å². The fraction of sp³-hybridized carbons (Fsp3) is 0.333. The first-order valence-corrected chi connectivity index (χ1v) is 14.7. The van der Waals surface area contributed by atoms with Crippen LogP contribution >= 0.6 is 0 Å². The second kappa shape index (κ2) is 18.2. The molecule has 2 N–H and O–H groups in total. The fourth-order valence-corrected chi connectivity index (χ4v) is 5.07. The molecule has 0 saturated carbocycles. The van der Waals surface area contributed by atoms with E-state index < -0.39 is 6.10 Å². The number of benzene rings is 4. The van der Waals surface area contributed by atoms with Crippen molar-refractivity contribution in [2.75, 3.05) is 39.7 Å². The molecule has 2 atom stereocenters. The Hall–Kier alpha value is -3.36. The summed E-state index contributed by atoms with van der Waals surface area (Å²) in [6, 6.07) is 41.4. The highest BCUT2D eigenvalue weighted by atomic mass is 16.7. The van der Waals surface area contributed by atoms with Gasteiger partial charge in [-0.05, 0) is 22.3 Å². The van der Waals surface area contributed by atoms with Gasteiger partial charge in [-0.25, -0.2) is 0 Å². The summed E-state index contributed by atoms with van der Waals surface area (Å²) in [5, 5.41) is 20.9. The van der Waals surface area contributed by atoms with E-state index in [1.807, 2.05) is 48.5 Å². The second-order valence-electron chi connectivity index (χ2n) is 10.8. The first-order valence-electron chi connectivity index (χ1n) is 14.7. The molecule has 42 heavy (non-hydrogen) atoms. The molecule has 4 aromatic rings. The molecule has 0 heterocycles. The second-order valence-corrected chi connectivity index (χ2v) is 10.8. The molecular weight excluding hydrogens is 524 g/mol. The van der Waals surface area contributed by atoms with E-state index in [0.29, 0.717) is 19.7 Å². The van der Waals surface area contributed by atoms with E-state index in [2.05, 4.69) is 82.6 Å². The average molecular weight is 569 g/mol. The Morgan fingerprint density at radius 3 is 1.24 bits per heavy atom. The lowest BCUT2D eigenvalue weighted by molar-refractivity contribution is -0.0955. The molecule has 222 valence electrons. The summed E-state index contributed by atoms with van der Waals surface area (Å²) >= 11 is 0. The molecule has 0 aliphatic rings. The topological polar surface area (TPSA) is 65.4 Å². The Balaban J connectivity index is 1.22. The third kappa shape index (κ3) is 11.9.